The van der Waals surface area contributed by atoms with E-state index in [-0.39, 0.29) is 5.97 Å². The number of esters is 1. The molecule has 1 heterocycles. The molecular weight excluding hydrogens is 306 g/mol. The summed E-state index contributed by atoms with van der Waals surface area (Å²) in [4.78, 5) is 14.9. The number of hydrogen-bond donors (Lipinski definition) is 1. The lowest BCUT2D eigenvalue weighted by Crippen LogP contribution is -2.24. The van der Waals surface area contributed by atoms with E-state index in [1.165, 1.54) is 0 Å². The predicted octanol–water partition coefficient (Wildman–Crippen LogP) is 4.20. The summed E-state index contributed by atoms with van der Waals surface area (Å²) < 4.78 is 6.35. The highest BCUT2D eigenvalue weighted by Crippen LogP contribution is 2.27. The zero-order valence-electron chi connectivity index (χ0n) is 11.4. The van der Waals surface area contributed by atoms with Gasteiger partial charge in [0, 0.05) is 28.0 Å². The molecule has 0 unspecified atom stereocenters. The van der Waals surface area contributed by atoms with Crippen molar-refractivity contribution < 1.29 is 9.53 Å². The lowest BCUT2D eigenvalue weighted by molar-refractivity contribution is -0.154. The number of halogens is 1. The summed E-state index contributed by atoms with van der Waals surface area (Å²) in [5, 5.41) is 1.14. The molecule has 1 N–H and O–H groups in total. The third kappa shape index (κ3) is 3.60. The quantitative estimate of drug-likeness (QED) is 0.860. The highest BCUT2D eigenvalue weighted by Gasteiger charge is 2.16. The number of hydrogen-bond acceptors (Lipinski definition) is 2. The topological polar surface area (TPSA) is 42.1 Å². The Hall–Kier alpha value is -1.29. The highest BCUT2D eigenvalue weighted by atomic mass is 79.9. The fraction of sp³-hybridized carbons (Fsp3) is 0.400. The molecule has 0 fully saturated rings. The van der Waals surface area contributed by atoms with E-state index >= 15 is 0 Å². The van der Waals surface area contributed by atoms with Gasteiger partial charge >= 0.3 is 5.97 Å². The summed E-state index contributed by atoms with van der Waals surface area (Å²) in [5.41, 5.74) is 1.81. The number of aromatic amines is 1. The van der Waals surface area contributed by atoms with Crippen molar-refractivity contribution in [3.8, 4) is 0 Å². The molecule has 4 heteroatoms. The largest absolute Gasteiger partial charge is 0.460 e. The van der Waals surface area contributed by atoms with Crippen molar-refractivity contribution in [1.29, 1.82) is 0 Å². The van der Waals surface area contributed by atoms with E-state index in [1.807, 2.05) is 45.2 Å². The minimum absolute atomic E-state index is 0.156. The fourth-order valence-electron chi connectivity index (χ4n) is 2.05. The Bertz CT molecular complexity index is 596. The van der Waals surface area contributed by atoms with Gasteiger partial charge in [0.1, 0.15) is 5.60 Å². The maximum Gasteiger partial charge on any atom is 0.306 e. The number of fused-ring (bicyclic) bond motifs is 1. The molecule has 0 aliphatic heterocycles. The lowest BCUT2D eigenvalue weighted by atomic mass is 10.1. The van der Waals surface area contributed by atoms with Crippen LogP contribution in [0.15, 0.2) is 28.9 Å². The average molecular weight is 324 g/mol. The van der Waals surface area contributed by atoms with E-state index < -0.39 is 5.60 Å². The van der Waals surface area contributed by atoms with Crippen LogP contribution < -0.4 is 0 Å². The molecule has 0 saturated heterocycles. The fourth-order valence-corrected chi connectivity index (χ4v) is 2.64. The van der Waals surface area contributed by atoms with Gasteiger partial charge in [0.25, 0.3) is 0 Å². The van der Waals surface area contributed by atoms with E-state index in [1.54, 1.807) is 0 Å². The Morgan fingerprint density at radius 1 is 1.37 bits per heavy atom. The molecule has 0 atom stereocenters. The number of nitrogens with one attached hydrogen (secondary N) is 1. The van der Waals surface area contributed by atoms with Crippen molar-refractivity contribution >= 4 is 32.8 Å². The normalized spacial score (nSPS) is 11.8. The molecule has 0 amide bonds. The summed E-state index contributed by atoms with van der Waals surface area (Å²) in [6, 6.07) is 6.07. The first-order chi connectivity index (χ1) is 8.87. The summed E-state index contributed by atoms with van der Waals surface area (Å²) in [7, 11) is 0. The molecule has 0 bridgehead atoms. The van der Waals surface area contributed by atoms with Crippen molar-refractivity contribution in [2.24, 2.45) is 0 Å². The van der Waals surface area contributed by atoms with Crippen LogP contribution in [0.4, 0.5) is 0 Å². The van der Waals surface area contributed by atoms with Crippen LogP contribution in [0.1, 0.15) is 32.8 Å². The molecule has 1 aromatic heterocycles. The van der Waals surface area contributed by atoms with Gasteiger partial charge in [-0.2, -0.15) is 0 Å². The number of ether oxygens (including phenoxy) is 1. The van der Waals surface area contributed by atoms with Crippen LogP contribution >= 0.6 is 15.9 Å². The van der Waals surface area contributed by atoms with Gasteiger partial charge < -0.3 is 9.72 Å². The van der Waals surface area contributed by atoms with Crippen LogP contribution in [0.5, 0.6) is 0 Å². The first kappa shape index (κ1) is 14.1. The third-order valence-corrected chi connectivity index (χ3v) is 3.39. The summed E-state index contributed by atoms with van der Waals surface area (Å²) in [6.07, 6.45) is 3.00. The molecule has 0 spiro atoms. The Labute approximate surface area is 121 Å². The maximum atomic E-state index is 11.7. The van der Waals surface area contributed by atoms with Crippen molar-refractivity contribution in [3.63, 3.8) is 0 Å². The molecule has 1 aromatic carbocycles. The summed E-state index contributed by atoms with van der Waals surface area (Å²) >= 11 is 3.53. The van der Waals surface area contributed by atoms with Gasteiger partial charge in [-0.05, 0) is 54.8 Å². The van der Waals surface area contributed by atoms with Crippen LogP contribution in [-0.4, -0.2) is 16.6 Å². The zero-order chi connectivity index (χ0) is 14.0. The number of aromatic nitrogens is 1. The maximum absolute atomic E-state index is 11.7. The lowest BCUT2D eigenvalue weighted by Gasteiger charge is -2.19. The van der Waals surface area contributed by atoms with Crippen LogP contribution in [0, 0.1) is 0 Å². The monoisotopic (exact) mass is 323 g/mol. The van der Waals surface area contributed by atoms with Crippen molar-refractivity contribution in [1.82, 2.24) is 4.98 Å². The molecular formula is C15H18BrNO2. The van der Waals surface area contributed by atoms with Crippen LogP contribution in [0.3, 0.4) is 0 Å². The number of rotatable bonds is 3. The molecule has 102 valence electrons. The molecule has 0 radical (unpaired) electrons. The highest BCUT2D eigenvalue weighted by molar-refractivity contribution is 9.10. The van der Waals surface area contributed by atoms with Gasteiger partial charge in [-0.1, -0.05) is 12.1 Å². The summed E-state index contributed by atoms with van der Waals surface area (Å²) in [5.74, 6) is -0.156. The minimum Gasteiger partial charge on any atom is -0.460 e. The number of benzene rings is 1. The van der Waals surface area contributed by atoms with E-state index in [4.69, 9.17) is 4.74 Å². The number of aryl methyl sites for hydroxylation is 1. The number of carbonyl (C=O) groups is 1. The minimum atomic E-state index is -0.419. The second-order valence-electron chi connectivity index (χ2n) is 5.56. The standard InChI is InChI=1S/C15H18BrNO2/c1-15(2,3)19-13(18)8-7-10-5-4-6-12-14(10)11(16)9-17-12/h4-6,9,17H,7-8H2,1-3H3. The Balaban J connectivity index is 2.10. The molecule has 3 nitrogen and oxygen atoms in total. The van der Waals surface area contributed by atoms with Gasteiger partial charge in [0.05, 0.1) is 0 Å². The van der Waals surface area contributed by atoms with Gasteiger partial charge in [-0.25, -0.2) is 0 Å². The second kappa shape index (κ2) is 5.37. The van der Waals surface area contributed by atoms with Crippen molar-refractivity contribution in [3.05, 3.63) is 34.4 Å². The predicted molar refractivity (Wildman–Crippen MR) is 80.2 cm³/mol. The Morgan fingerprint density at radius 2 is 2.11 bits per heavy atom. The second-order valence-corrected chi connectivity index (χ2v) is 6.42. The first-order valence-electron chi connectivity index (χ1n) is 6.33. The van der Waals surface area contributed by atoms with Crippen LogP contribution in [0.2, 0.25) is 0 Å². The molecule has 0 aliphatic carbocycles. The first-order valence-corrected chi connectivity index (χ1v) is 7.12. The number of H-pyrrole nitrogens is 1. The summed E-state index contributed by atoms with van der Waals surface area (Å²) in [6.45, 7) is 5.65. The van der Waals surface area contributed by atoms with Crippen molar-refractivity contribution in [2.75, 3.05) is 0 Å². The average Bonchev–Trinajstić information content (AvgIpc) is 2.67. The molecule has 19 heavy (non-hydrogen) atoms. The van der Waals surface area contributed by atoms with Gasteiger partial charge in [0.15, 0.2) is 0 Å². The molecule has 0 aliphatic rings. The molecule has 2 rings (SSSR count). The van der Waals surface area contributed by atoms with Crippen LogP contribution in [0.25, 0.3) is 10.9 Å². The van der Waals surface area contributed by atoms with E-state index in [2.05, 4.69) is 20.9 Å². The Kier molecular flexibility index (Phi) is 3.99. The van der Waals surface area contributed by atoms with Crippen LogP contribution in [-0.2, 0) is 16.0 Å². The van der Waals surface area contributed by atoms with E-state index in [9.17, 15) is 4.79 Å². The Morgan fingerprint density at radius 3 is 2.79 bits per heavy atom. The van der Waals surface area contributed by atoms with E-state index in [0.717, 1.165) is 20.9 Å². The van der Waals surface area contributed by atoms with E-state index in [0.29, 0.717) is 12.8 Å². The molecule has 0 saturated carbocycles. The van der Waals surface area contributed by atoms with Crippen molar-refractivity contribution in [2.45, 2.75) is 39.2 Å². The number of carbonyl (C=O) groups excluding carboxylic acids is 1. The van der Waals surface area contributed by atoms with Gasteiger partial charge in [0.2, 0.25) is 0 Å². The van der Waals surface area contributed by atoms with Gasteiger partial charge in [-0.15, -0.1) is 0 Å². The third-order valence-electron chi connectivity index (χ3n) is 2.76. The van der Waals surface area contributed by atoms with Gasteiger partial charge in [-0.3, -0.25) is 4.79 Å². The SMILES string of the molecule is CC(C)(C)OC(=O)CCc1cccc2[nH]cc(Br)c12. The smallest absolute Gasteiger partial charge is 0.306 e. The molecule has 2 aromatic rings. The zero-order valence-corrected chi connectivity index (χ0v) is 13.0.